The van der Waals surface area contributed by atoms with Gasteiger partial charge in [0.05, 0.1) is 0 Å². The molecule has 0 N–H and O–H groups in total. The van der Waals surface area contributed by atoms with Gasteiger partial charge in [0, 0.05) is 0 Å². The van der Waals surface area contributed by atoms with Crippen molar-refractivity contribution >= 4 is 0 Å². The number of hydrogen-bond acceptors (Lipinski definition) is 0. The van der Waals surface area contributed by atoms with Gasteiger partial charge in [-0.15, -0.1) is 0 Å². The minimum atomic E-state index is 0.659. The maximum Gasteiger partial charge on any atom is -0.00455 e. The van der Waals surface area contributed by atoms with Gasteiger partial charge in [-0.2, -0.15) is 0 Å². The van der Waals surface area contributed by atoms with E-state index in [9.17, 15) is 0 Å². The van der Waals surface area contributed by atoms with Crippen LogP contribution in [0.2, 0.25) is 0 Å². The van der Waals surface area contributed by atoms with Crippen molar-refractivity contribution in [2.75, 3.05) is 0 Å². The SMILES string of the molecule is Cc1ccccc1C(C12CC3CC(CC(C3)C1)C2)C12CC3CC(CC(C3)C1)C2. The lowest BCUT2D eigenvalue weighted by molar-refractivity contribution is -0.144. The van der Waals surface area contributed by atoms with E-state index in [1.165, 1.54) is 0 Å². The highest BCUT2D eigenvalue weighted by Crippen LogP contribution is 2.73. The molecule has 8 aliphatic carbocycles. The lowest BCUT2D eigenvalue weighted by Crippen LogP contribution is -2.57. The Morgan fingerprint density at radius 1 is 0.607 bits per heavy atom. The number of hydrogen-bond donors (Lipinski definition) is 0. The quantitative estimate of drug-likeness (QED) is 0.513. The van der Waals surface area contributed by atoms with Crippen LogP contribution in [-0.2, 0) is 0 Å². The van der Waals surface area contributed by atoms with E-state index in [0.717, 1.165) is 41.4 Å². The van der Waals surface area contributed by atoms with Gasteiger partial charge in [-0.1, -0.05) is 24.3 Å². The van der Waals surface area contributed by atoms with Crippen LogP contribution in [-0.4, -0.2) is 0 Å². The molecule has 8 aliphatic rings. The first-order valence-electron chi connectivity index (χ1n) is 12.7. The molecule has 28 heavy (non-hydrogen) atoms. The average Bonchev–Trinajstić information content (AvgIpc) is 2.61. The summed E-state index contributed by atoms with van der Waals surface area (Å²) in [7, 11) is 0. The fraction of sp³-hybridized carbons (Fsp3) is 0.786. The van der Waals surface area contributed by atoms with Gasteiger partial charge in [-0.05, 0) is 147 Å². The van der Waals surface area contributed by atoms with Gasteiger partial charge in [-0.25, -0.2) is 0 Å². The zero-order valence-corrected chi connectivity index (χ0v) is 17.8. The second-order valence-corrected chi connectivity index (χ2v) is 12.8. The zero-order valence-electron chi connectivity index (χ0n) is 17.8. The molecule has 0 atom stereocenters. The predicted molar refractivity (Wildman–Crippen MR) is 115 cm³/mol. The summed E-state index contributed by atoms with van der Waals surface area (Å²) in [4.78, 5) is 0. The molecule has 0 radical (unpaired) electrons. The van der Waals surface area contributed by atoms with E-state index in [0.29, 0.717) is 10.8 Å². The highest BCUT2D eigenvalue weighted by Gasteiger charge is 2.63. The third-order valence-electron chi connectivity index (χ3n) is 10.9. The van der Waals surface area contributed by atoms with Crippen molar-refractivity contribution in [3.8, 4) is 0 Å². The fourth-order valence-electron chi connectivity index (χ4n) is 11.3. The minimum absolute atomic E-state index is 0.659. The van der Waals surface area contributed by atoms with Crippen molar-refractivity contribution in [3.05, 3.63) is 35.4 Å². The van der Waals surface area contributed by atoms with Crippen molar-refractivity contribution in [2.24, 2.45) is 46.3 Å². The predicted octanol–water partition coefficient (Wildman–Crippen LogP) is 7.51. The monoisotopic (exact) mass is 374 g/mol. The van der Waals surface area contributed by atoms with Gasteiger partial charge >= 0.3 is 0 Å². The standard InChI is InChI=1S/C28H38/c1-18-4-2-3-5-25(18)26(27-12-19-6-20(13-27)8-21(7-19)14-27)28-15-22-9-23(16-28)11-24(10-22)17-28/h2-5,19-24,26H,6-17H2,1H3. The Morgan fingerprint density at radius 2 is 0.964 bits per heavy atom. The highest BCUT2D eigenvalue weighted by molar-refractivity contribution is 5.35. The van der Waals surface area contributed by atoms with Crippen molar-refractivity contribution in [3.63, 3.8) is 0 Å². The third-order valence-corrected chi connectivity index (χ3v) is 10.9. The molecule has 0 aromatic heterocycles. The van der Waals surface area contributed by atoms with Gasteiger partial charge in [0.2, 0.25) is 0 Å². The molecule has 0 heterocycles. The molecule has 150 valence electrons. The molecule has 1 aromatic carbocycles. The number of benzene rings is 1. The molecule has 8 fully saturated rings. The summed E-state index contributed by atoms with van der Waals surface area (Å²) in [5.74, 6) is 7.33. The second-order valence-electron chi connectivity index (χ2n) is 12.8. The van der Waals surface area contributed by atoms with Gasteiger partial charge in [0.15, 0.2) is 0 Å². The normalized spacial score (nSPS) is 51.6. The van der Waals surface area contributed by atoms with Crippen molar-refractivity contribution in [1.82, 2.24) is 0 Å². The first kappa shape index (κ1) is 17.0. The van der Waals surface area contributed by atoms with Crippen LogP contribution in [0.15, 0.2) is 24.3 Å². The molecule has 0 aliphatic heterocycles. The Balaban J connectivity index is 1.39. The lowest BCUT2D eigenvalue weighted by Gasteiger charge is -2.67. The van der Waals surface area contributed by atoms with Crippen molar-refractivity contribution in [2.45, 2.75) is 89.9 Å². The van der Waals surface area contributed by atoms with E-state index >= 15 is 0 Å². The Bertz CT molecular complexity index is 670. The topological polar surface area (TPSA) is 0 Å². The molecule has 0 heteroatoms. The first-order chi connectivity index (χ1) is 13.6. The van der Waals surface area contributed by atoms with Crippen LogP contribution in [0.5, 0.6) is 0 Å². The molecular weight excluding hydrogens is 336 g/mol. The third kappa shape index (κ3) is 2.30. The summed E-state index contributed by atoms with van der Waals surface area (Å²) in [6.45, 7) is 2.43. The summed E-state index contributed by atoms with van der Waals surface area (Å²) >= 11 is 0. The zero-order chi connectivity index (χ0) is 18.5. The Kier molecular flexibility index (Phi) is 3.44. The second kappa shape index (κ2) is 5.67. The van der Waals surface area contributed by atoms with Crippen LogP contribution in [0.4, 0.5) is 0 Å². The van der Waals surface area contributed by atoms with Crippen LogP contribution in [0.3, 0.4) is 0 Å². The highest BCUT2D eigenvalue weighted by atomic mass is 14.7. The van der Waals surface area contributed by atoms with Gasteiger partial charge in [-0.3, -0.25) is 0 Å². The van der Waals surface area contributed by atoms with Crippen molar-refractivity contribution < 1.29 is 0 Å². The van der Waals surface area contributed by atoms with Gasteiger partial charge in [0.1, 0.15) is 0 Å². The van der Waals surface area contributed by atoms with Gasteiger partial charge in [0.25, 0.3) is 0 Å². The summed E-state index contributed by atoms with van der Waals surface area (Å²) in [6, 6.07) is 9.67. The molecule has 0 amide bonds. The summed E-state index contributed by atoms with van der Waals surface area (Å²) < 4.78 is 0. The molecule has 8 saturated carbocycles. The fourth-order valence-corrected chi connectivity index (χ4v) is 11.3. The van der Waals surface area contributed by atoms with Gasteiger partial charge < -0.3 is 0 Å². The summed E-state index contributed by atoms with van der Waals surface area (Å²) in [5, 5.41) is 0. The van der Waals surface area contributed by atoms with E-state index < -0.39 is 0 Å². The van der Waals surface area contributed by atoms with Crippen LogP contribution >= 0.6 is 0 Å². The van der Waals surface area contributed by atoms with Crippen molar-refractivity contribution in [1.29, 1.82) is 0 Å². The largest absolute Gasteiger partial charge is 0.0620 e. The molecule has 0 spiro atoms. The maximum atomic E-state index is 2.58. The maximum absolute atomic E-state index is 2.58. The van der Waals surface area contributed by atoms with E-state index in [4.69, 9.17) is 0 Å². The molecule has 0 saturated heterocycles. The lowest BCUT2D eigenvalue weighted by atomic mass is 9.37. The molecule has 9 rings (SSSR count). The van der Waals surface area contributed by atoms with E-state index in [2.05, 4.69) is 31.2 Å². The van der Waals surface area contributed by atoms with Crippen LogP contribution in [0.25, 0.3) is 0 Å². The number of aryl methyl sites for hydroxylation is 1. The Hall–Kier alpha value is -0.780. The van der Waals surface area contributed by atoms with Crippen LogP contribution < -0.4 is 0 Å². The Morgan fingerprint density at radius 3 is 1.32 bits per heavy atom. The smallest absolute Gasteiger partial charge is 0.00455 e. The van der Waals surface area contributed by atoms with E-state index in [1.807, 2.05) is 0 Å². The number of rotatable bonds is 3. The van der Waals surface area contributed by atoms with E-state index in [-0.39, 0.29) is 0 Å². The molecule has 8 bridgehead atoms. The molecular formula is C28H38. The minimum Gasteiger partial charge on any atom is -0.0620 e. The molecule has 0 unspecified atom stereocenters. The average molecular weight is 375 g/mol. The summed E-state index contributed by atoms with van der Waals surface area (Å²) in [6.07, 6.45) is 19.0. The molecule has 0 nitrogen and oxygen atoms in total. The summed E-state index contributed by atoms with van der Waals surface area (Å²) in [5.41, 5.74) is 4.73. The van der Waals surface area contributed by atoms with Crippen LogP contribution in [0, 0.1) is 53.3 Å². The van der Waals surface area contributed by atoms with E-state index in [1.54, 1.807) is 88.2 Å². The Labute approximate surface area is 171 Å². The first-order valence-corrected chi connectivity index (χ1v) is 12.7. The molecule has 1 aromatic rings. The van der Waals surface area contributed by atoms with Crippen LogP contribution in [0.1, 0.15) is 94.1 Å².